The van der Waals surface area contributed by atoms with Crippen molar-refractivity contribution in [2.24, 2.45) is 5.41 Å². The van der Waals surface area contributed by atoms with Crippen molar-refractivity contribution in [3.05, 3.63) is 0 Å². The molecule has 1 aliphatic rings. The molecule has 0 aromatic rings. The average molecular weight is 294 g/mol. The van der Waals surface area contributed by atoms with Crippen molar-refractivity contribution in [3.8, 4) is 0 Å². The molecule has 116 valence electrons. The van der Waals surface area contributed by atoms with Crippen LogP contribution in [0.5, 0.6) is 0 Å². The van der Waals surface area contributed by atoms with Crippen LogP contribution in [0.15, 0.2) is 0 Å². The molecule has 20 heavy (non-hydrogen) atoms. The molecule has 1 rings (SSSR count). The van der Waals surface area contributed by atoms with Crippen molar-refractivity contribution >= 4 is 12.0 Å². The lowest BCUT2D eigenvalue weighted by molar-refractivity contribution is -0.148. The molecule has 0 radical (unpaired) electrons. The number of hydrogen-bond acceptors (Lipinski definition) is 3. The number of aliphatic hydroxyl groups is 1. The Morgan fingerprint density at radius 1 is 1.50 bits per heavy atom. The molecule has 6 nitrogen and oxygen atoms in total. The van der Waals surface area contributed by atoms with Gasteiger partial charge in [0.1, 0.15) is 0 Å². The van der Waals surface area contributed by atoms with E-state index in [-0.39, 0.29) is 6.54 Å². The van der Waals surface area contributed by atoms with Crippen LogP contribution in [0.25, 0.3) is 0 Å². The Bertz CT molecular complexity index is 367. The minimum Gasteiger partial charge on any atom is -0.481 e. The maximum atomic E-state index is 12.4. The van der Waals surface area contributed by atoms with Gasteiger partial charge in [-0.15, -0.1) is 0 Å². The topological polar surface area (TPSA) is 89.9 Å². The molecule has 2 amide bonds. The highest BCUT2D eigenvalue weighted by Gasteiger charge is 2.46. The monoisotopic (exact) mass is 294 g/mol. The van der Waals surface area contributed by atoms with Crippen LogP contribution in [0.4, 0.5) is 13.6 Å². The van der Waals surface area contributed by atoms with Gasteiger partial charge in [0.15, 0.2) is 0 Å². The fraction of sp³-hybridized carbons (Fsp3) is 0.833. The lowest BCUT2D eigenvalue weighted by Gasteiger charge is -2.30. The third kappa shape index (κ3) is 3.78. The van der Waals surface area contributed by atoms with E-state index >= 15 is 0 Å². The van der Waals surface area contributed by atoms with Crippen LogP contribution < -0.4 is 5.32 Å². The normalized spacial score (nSPS) is 25.8. The van der Waals surface area contributed by atoms with E-state index in [1.165, 1.54) is 6.92 Å². The number of nitrogens with one attached hydrogen (secondary N) is 1. The van der Waals surface area contributed by atoms with Crippen LogP contribution in [-0.4, -0.2) is 59.3 Å². The predicted octanol–water partition coefficient (Wildman–Crippen LogP) is 0.899. The summed E-state index contributed by atoms with van der Waals surface area (Å²) in [4.78, 5) is 24.0. The maximum Gasteiger partial charge on any atom is 0.317 e. The number of aliphatic carboxylic acids is 1. The molecule has 8 heteroatoms. The Balaban J connectivity index is 2.69. The number of alkyl halides is 2. The van der Waals surface area contributed by atoms with Crippen LogP contribution in [0, 0.1) is 5.41 Å². The Morgan fingerprint density at radius 3 is 2.65 bits per heavy atom. The van der Waals surface area contributed by atoms with E-state index < -0.39 is 43.0 Å². The van der Waals surface area contributed by atoms with Crippen molar-refractivity contribution in [3.63, 3.8) is 0 Å². The summed E-state index contributed by atoms with van der Waals surface area (Å²) >= 11 is 0. The van der Waals surface area contributed by atoms with Crippen molar-refractivity contribution in [1.29, 1.82) is 0 Å². The second kappa shape index (κ2) is 6.83. The van der Waals surface area contributed by atoms with Crippen LogP contribution in [-0.2, 0) is 4.79 Å². The maximum absolute atomic E-state index is 12.4. The lowest BCUT2D eigenvalue weighted by Crippen LogP contribution is -2.52. The van der Waals surface area contributed by atoms with Crippen molar-refractivity contribution in [2.45, 2.75) is 38.7 Å². The molecule has 2 unspecified atom stereocenters. The highest BCUT2D eigenvalue weighted by molar-refractivity contribution is 5.79. The number of carbonyl (C=O) groups is 2. The van der Waals surface area contributed by atoms with E-state index in [1.54, 1.807) is 0 Å². The fourth-order valence-corrected chi connectivity index (χ4v) is 2.46. The standard InChI is InChI=1S/C12H20F2N2O4/c1-12(10(18)19)4-2-3-8(12)15-11(20)16(5-6-17)7-9(13)14/h8-9,17H,2-7H2,1H3,(H,15,20)(H,18,19). The first kappa shape index (κ1) is 16.6. The summed E-state index contributed by atoms with van der Waals surface area (Å²) in [5, 5.41) is 20.5. The summed E-state index contributed by atoms with van der Waals surface area (Å²) in [5.74, 6) is -1.01. The van der Waals surface area contributed by atoms with Crippen LogP contribution in [0.2, 0.25) is 0 Å². The molecule has 1 aliphatic carbocycles. The number of carboxylic acids is 1. The van der Waals surface area contributed by atoms with Crippen molar-refractivity contribution < 1.29 is 28.6 Å². The Kier molecular flexibility index (Phi) is 5.67. The van der Waals surface area contributed by atoms with Gasteiger partial charge in [0.25, 0.3) is 6.43 Å². The van der Waals surface area contributed by atoms with Crippen molar-refractivity contribution in [1.82, 2.24) is 10.2 Å². The largest absolute Gasteiger partial charge is 0.481 e. The van der Waals surface area contributed by atoms with Gasteiger partial charge >= 0.3 is 12.0 Å². The number of amides is 2. The number of hydrogen-bond donors (Lipinski definition) is 3. The van der Waals surface area contributed by atoms with Gasteiger partial charge in [0.05, 0.1) is 18.6 Å². The third-order valence-corrected chi connectivity index (χ3v) is 3.76. The summed E-state index contributed by atoms with van der Waals surface area (Å²) in [6.45, 7) is 0.105. The van der Waals surface area contributed by atoms with Crippen LogP contribution >= 0.6 is 0 Å². The van der Waals surface area contributed by atoms with Crippen molar-refractivity contribution in [2.75, 3.05) is 19.7 Å². The number of nitrogens with zero attached hydrogens (tertiary/aromatic N) is 1. The van der Waals surface area contributed by atoms with Gasteiger partial charge in [-0.1, -0.05) is 6.42 Å². The number of urea groups is 1. The number of carbonyl (C=O) groups excluding carboxylic acids is 1. The van der Waals surface area contributed by atoms with Gasteiger partial charge in [-0.25, -0.2) is 13.6 Å². The average Bonchev–Trinajstić information content (AvgIpc) is 2.71. The van der Waals surface area contributed by atoms with Gasteiger partial charge in [0.2, 0.25) is 0 Å². The number of carboxylic acid groups (broad SMARTS) is 1. The van der Waals surface area contributed by atoms with E-state index in [0.717, 1.165) is 4.90 Å². The quantitative estimate of drug-likeness (QED) is 0.679. The molecule has 0 heterocycles. The number of rotatable bonds is 6. The molecular weight excluding hydrogens is 274 g/mol. The molecule has 0 spiro atoms. The zero-order valence-corrected chi connectivity index (χ0v) is 11.3. The van der Waals surface area contributed by atoms with Crippen LogP contribution in [0.3, 0.4) is 0 Å². The first-order chi connectivity index (χ1) is 9.31. The molecule has 0 aromatic heterocycles. The molecule has 0 bridgehead atoms. The molecular formula is C12H20F2N2O4. The van der Waals surface area contributed by atoms with Crippen LogP contribution in [0.1, 0.15) is 26.2 Å². The van der Waals surface area contributed by atoms with Gasteiger partial charge in [-0.05, 0) is 19.8 Å². The second-order valence-electron chi connectivity index (χ2n) is 5.18. The smallest absolute Gasteiger partial charge is 0.317 e. The molecule has 0 aliphatic heterocycles. The first-order valence-corrected chi connectivity index (χ1v) is 6.49. The Hall–Kier alpha value is -1.44. The van der Waals surface area contributed by atoms with Gasteiger partial charge < -0.3 is 20.4 Å². The zero-order chi connectivity index (χ0) is 15.3. The molecule has 1 saturated carbocycles. The van der Waals surface area contributed by atoms with E-state index in [1.807, 2.05) is 0 Å². The second-order valence-corrected chi connectivity index (χ2v) is 5.18. The third-order valence-electron chi connectivity index (χ3n) is 3.76. The Labute approximate surface area is 115 Å². The molecule has 2 atom stereocenters. The summed E-state index contributed by atoms with van der Waals surface area (Å²) in [5.41, 5.74) is -1.08. The summed E-state index contributed by atoms with van der Waals surface area (Å²) in [7, 11) is 0. The summed E-state index contributed by atoms with van der Waals surface area (Å²) in [6, 6.07) is -1.36. The molecule has 0 saturated heterocycles. The first-order valence-electron chi connectivity index (χ1n) is 6.49. The minimum absolute atomic E-state index is 0.216. The highest BCUT2D eigenvalue weighted by Crippen LogP contribution is 2.38. The number of halogens is 2. The SMILES string of the molecule is CC1(C(=O)O)CCCC1NC(=O)N(CCO)CC(F)F. The van der Waals surface area contributed by atoms with E-state index in [0.29, 0.717) is 19.3 Å². The summed E-state index contributed by atoms with van der Waals surface area (Å²) in [6.07, 6.45) is -1.12. The van der Waals surface area contributed by atoms with E-state index in [9.17, 15) is 23.5 Å². The van der Waals surface area contributed by atoms with Gasteiger partial charge in [0, 0.05) is 12.6 Å². The molecule has 1 fully saturated rings. The number of aliphatic hydroxyl groups excluding tert-OH is 1. The van der Waals surface area contributed by atoms with E-state index in [4.69, 9.17) is 5.11 Å². The van der Waals surface area contributed by atoms with Gasteiger partial charge in [-0.2, -0.15) is 0 Å². The zero-order valence-electron chi connectivity index (χ0n) is 11.3. The summed E-state index contributed by atoms with van der Waals surface area (Å²) < 4.78 is 24.7. The van der Waals surface area contributed by atoms with E-state index in [2.05, 4.69) is 5.32 Å². The highest BCUT2D eigenvalue weighted by atomic mass is 19.3. The lowest BCUT2D eigenvalue weighted by atomic mass is 9.85. The minimum atomic E-state index is -2.71. The fourth-order valence-electron chi connectivity index (χ4n) is 2.46. The van der Waals surface area contributed by atoms with Gasteiger partial charge in [-0.3, -0.25) is 4.79 Å². The molecule has 0 aromatic carbocycles. The predicted molar refractivity (Wildman–Crippen MR) is 66.6 cm³/mol. The molecule has 3 N–H and O–H groups in total. The Morgan fingerprint density at radius 2 is 2.15 bits per heavy atom.